The van der Waals surface area contributed by atoms with E-state index in [1.807, 2.05) is 13.1 Å². The molecule has 0 aliphatic heterocycles. The summed E-state index contributed by atoms with van der Waals surface area (Å²) in [5.41, 5.74) is 3.35. The molecule has 3 nitrogen and oxygen atoms in total. The second-order valence-electron chi connectivity index (χ2n) is 3.25. The van der Waals surface area contributed by atoms with Crippen LogP contribution in [0.4, 0.5) is 0 Å². The van der Waals surface area contributed by atoms with E-state index in [-0.39, 0.29) is 0 Å². The minimum absolute atomic E-state index is 0.955. The van der Waals surface area contributed by atoms with Gasteiger partial charge in [0.25, 0.3) is 0 Å². The van der Waals surface area contributed by atoms with Gasteiger partial charge in [-0.25, -0.2) is 9.97 Å². The van der Waals surface area contributed by atoms with E-state index in [4.69, 9.17) is 0 Å². The van der Waals surface area contributed by atoms with Crippen molar-refractivity contribution >= 4 is 11.0 Å². The van der Waals surface area contributed by atoms with E-state index in [0.717, 1.165) is 24.2 Å². The van der Waals surface area contributed by atoms with Crippen LogP contribution in [0.3, 0.4) is 0 Å². The molecule has 0 saturated heterocycles. The molecule has 0 aliphatic rings. The molecule has 3 heteroatoms. The van der Waals surface area contributed by atoms with Gasteiger partial charge in [-0.15, -0.1) is 0 Å². The molecule has 0 radical (unpaired) electrons. The third-order valence-corrected chi connectivity index (χ3v) is 2.26. The zero-order valence-corrected chi connectivity index (χ0v) is 7.96. The first-order valence-electron chi connectivity index (χ1n) is 4.60. The lowest BCUT2D eigenvalue weighted by Crippen LogP contribution is -1.87. The van der Waals surface area contributed by atoms with Gasteiger partial charge in [-0.1, -0.05) is 13.3 Å². The van der Waals surface area contributed by atoms with Gasteiger partial charge in [0.1, 0.15) is 12.0 Å². The molecule has 0 aliphatic carbocycles. The number of rotatable bonds is 2. The number of nitrogens with zero attached hydrogens (tertiary/aromatic N) is 2. The SMILES string of the molecule is CCCc1c[nH]c2ncnc(C)c12. The van der Waals surface area contributed by atoms with Gasteiger partial charge >= 0.3 is 0 Å². The molecule has 0 saturated carbocycles. The predicted octanol–water partition coefficient (Wildman–Crippen LogP) is 2.22. The predicted molar refractivity (Wildman–Crippen MR) is 52.6 cm³/mol. The van der Waals surface area contributed by atoms with E-state index in [9.17, 15) is 0 Å². The van der Waals surface area contributed by atoms with E-state index in [1.54, 1.807) is 6.33 Å². The first kappa shape index (κ1) is 8.23. The highest BCUT2D eigenvalue weighted by Crippen LogP contribution is 2.19. The highest BCUT2D eigenvalue weighted by molar-refractivity contribution is 5.81. The van der Waals surface area contributed by atoms with Gasteiger partial charge in [0.15, 0.2) is 0 Å². The van der Waals surface area contributed by atoms with Crippen LogP contribution in [0.5, 0.6) is 0 Å². The van der Waals surface area contributed by atoms with Crippen molar-refractivity contribution < 1.29 is 0 Å². The van der Waals surface area contributed by atoms with Gasteiger partial charge in [0, 0.05) is 11.6 Å². The number of nitrogens with one attached hydrogen (secondary N) is 1. The molecule has 0 atom stereocenters. The van der Waals surface area contributed by atoms with Crippen LogP contribution < -0.4 is 0 Å². The van der Waals surface area contributed by atoms with Crippen molar-refractivity contribution in [2.45, 2.75) is 26.7 Å². The second kappa shape index (κ2) is 3.17. The molecule has 0 aromatic carbocycles. The fraction of sp³-hybridized carbons (Fsp3) is 0.400. The summed E-state index contributed by atoms with van der Waals surface area (Å²) in [6.45, 7) is 4.20. The minimum Gasteiger partial charge on any atom is -0.346 e. The summed E-state index contributed by atoms with van der Waals surface area (Å²) < 4.78 is 0. The van der Waals surface area contributed by atoms with Crippen molar-refractivity contribution in [1.29, 1.82) is 0 Å². The first-order chi connectivity index (χ1) is 6.33. The summed E-state index contributed by atoms with van der Waals surface area (Å²) in [5.74, 6) is 0. The van der Waals surface area contributed by atoms with Gasteiger partial charge in [-0.2, -0.15) is 0 Å². The lowest BCUT2D eigenvalue weighted by molar-refractivity contribution is 0.927. The van der Waals surface area contributed by atoms with Gasteiger partial charge in [0.2, 0.25) is 0 Å². The molecule has 2 aromatic rings. The Morgan fingerprint density at radius 3 is 3.00 bits per heavy atom. The molecular weight excluding hydrogens is 162 g/mol. The standard InChI is InChI=1S/C10H13N3/c1-3-4-8-5-11-10-9(8)7(2)12-6-13-10/h5-6H,3-4H2,1-2H3,(H,11,12,13). The van der Waals surface area contributed by atoms with Crippen molar-refractivity contribution in [2.75, 3.05) is 0 Å². The normalized spacial score (nSPS) is 10.9. The Bertz CT molecular complexity index is 417. The van der Waals surface area contributed by atoms with Crippen LogP contribution in [0.1, 0.15) is 24.6 Å². The first-order valence-corrected chi connectivity index (χ1v) is 4.60. The highest BCUT2D eigenvalue weighted by Gasteiger charge is 2.06. The third-order valence-electron chi connectivity index (χ3n) is 2.26. The van der Waals surface area contributed by atoms with Crippen molar-refractivity contribution in [3.8, 4) is 0 Å². The number of H-pyrrole nitrogens is 1. The maximum absolute atomic E-state index is 4.19. The van der Waals surface area contributed by atoms with Crippen LogP contribution in [-0.4, -0.2) is 15.0 Å². The lowest BCUT2D eigenvalue weighted by Gasteiger charge is -1.97. The summed E-state index contributed by atoms with van der Waals surface area (Å²) in [6.07, 6.45) is 5.88. The topological polar surface area (TPSA) is 41.6 Å². The maximum atomic E-state index is 4.19. The molecule has 13 heavy (non-hydrogen) atoms. The van der Waals surface area contributed by atoms with Gasteiger partial charge in [-0.05, 0) is 18.9 Å². The monoisotopic (exact) mass is 175 g/mol. The Morgan fingerprint density at radius 2 is 2.23 bits per heavy atom. The quantitative estimate of drug-likeness (QED) is 0.760. The summed E-state index contributed by atoms with van der Waals surface area (Å²) in [5, 5.41) is 1.20. The Labute approximate surface area is 77.2 Å². The zero-order valence-electron chi connectivity index (χ0n) is 7.96. The van der Waals surface area contributed by atoms with Gasteiger partial charge in [0.05, 0.1) is 5.69 Å². The molecule has 68 valence electrons. The average Bonchev–Trinajstić information content (AvgIpc) is 2.51. The minimum atomic E-state index is 0.955. The fourth-order valence-corrected chi connectivity index (χ4v) is 1.66. The Kier molecular flexibility index (Phi) is 2.00. The average molecular weight is 175 g/mol. The van der Waals surface area contributed by atoms with E-state index in [0.29, 0.717) is 0 Å². The Hall–Kier alpha value is -1.38. The third kappa shape index (κ3) is 1.30. The van der Waals surface area contributed by atoms with Crippen molar-refractivity contribution in [3.63, 3.8) is 0 Å². The van der Waals surface area contributed by atoms with Crippen molar-refractivity contribution in [3.05, 3.63) is 23.8 Å². The molecule has 0 spiro atoms. The maximum Gasteiger partial charge on any atom is 0.141 e. The van der Waals surface area contributed by atoms with Crippen LogP contribution in [0.15, 0.2) is 12.5 Å². The molecule has 0 bridgehead atoms. The van der Waals surface area contributed by atoms with Crippen molar-refractivity contribution in [2.24, 2.45) is 0 Å². The van der Waals surface area contributed by atoms with E-state index in [2.05, 4.69) is 21.9 Å². The highest BCUT2D eigenvalue weighted by atomic mass is 14.9. The molecule has 0 amide bonds. The van der Waals surface area contributed by atoms with Crippen LogP contribution in [0, 0.1) is 6.92 Å². The van der Waals surface area contributed by atoms with E-state index in [1.165, 1.54) is 10.9 Å². The second-order valence-corrected chi connectivity index (χ2v) is 3.25. The van der Waals surface area contributed by atoms with Crippen LogP contribution in [-0.2, 0) is 6.42 Å². The largest absolute Gasteiger partial charge is 0.346 e. The smallest absolute Gasteiger partial charge is 0.141 e. The number of aromatic amines is 1. The summed E-state index contributed by atoms with van der Waals surface area (Å²) in [7, 11) is 0. The van der Waals surface area contributed by atoms with Gasteiger partial charge in [-0.3, -0.25) is 0 Å². The molecule has 2 heterocycles. The van der Waals surface area contributed by atoms with E-state index < -0.39 is 0 Å². The molecule has 0 unspecified atom stereocenters. The molecule has 1 N–H and O–H groups in total. The number of aromatic nitrogens is 3. The zero-order chi connectivity index (χ0) is 9.26. The molecule has 0 fully saturated rings. The molecule has 2 rings (SSSR count). The summed E-state index contributed by atoms with van der Waals surface area (Å²) in [4.78, 5) is 11.5. The Morgan fingerprint density at radius 1 is 1.38 bits per heavy atom. The van der Waals surface area contributed by atoms with Gasteiger partial charge < -0.3 is 4.98 Å². The molecule has 2 aromatic heterocycles. The Balaban J connectivity index is 2.64. The summed E-state index contributed by atoms with van der Waals surface area (Å²) >= 11 is 0. The molecular formula is C10H13N3. The number of aryl methyl sites for hydroxylation is 2. The number of hydrogen-bond acceptors (Lipinski definition) is 2. The fourth-order valence-electron chi connectivity index (χ4n) is 1.66. The van der Waals surface area contributed by atoms with Crippen LogP contribution >= 0.6 is 0 Å². The van der Waals surface area contributed by atoms with Crippen LogP contribution in [0.2, 0.25) is 0 Å². The lowest BCUT2D eigenvalue weighted by atomic mass is 10.1. The van der Waals surface area contributed by atoms with E-state index >= 15 is 0 Å². The van der Waals surface area contributed by atoms with Crippen molar-refractivity contribution in [1.82, 2.24) is 15.0 Å². The number of fused-ring (bicyclic) bond motifs is 1. The number of hydrogen-bond donors (Lipinski definition) is 1. The summed E-state index contributed by atoms with van der Waals surface area (Å²) in [6, 6.07) is 0. The van der Waals surface area contributed by atoms with Crippen LogP contribution in [0.25, 0.3) is 11.0 Å².